The average Bonchev–Trinajstić information content (AvgIpc) is 2.47. The van der Waals surface area contributed by atoms with Crippen LogP contribution in [0.15, 0.2) is 29.1 Å². The lowest BCUT2D eigenvalue weighted by Gasteiger charge is -2.27. The van der Waals surface area contributed by atoms with Crippen molar-refractivity contribution in [2.24, 2.45) is 0 Å². The van der Waals surface area contributed by atoms with Gasteiger partial charge in [0.05, 0.1) is 7.11 Å². The molecule has 1 aromatic heterocycles. The van der Waals surface area contributed by atoms with E-state index < -0.39 is 0 Å². The molecule has 0 spiro atoms. The molecule has 5 nitrogen and oxygen atoms in total. The van der Waals surface area contributed by atoms with Crippen LogP contribution in [0, 0.1) is 4.77 Å². The zero-order valence-corrected chi connectivity index (χ0v) is 12.6. The van der Waals surface area contributed by atoms with Gasteiger partial charge in [-0.15, -0.1) is 0 Å². The Kier molecular flexibility index (Phi) is 3.90. The smallest absolute Gasteiger partial charge is 0.255 e. The Morgan fingerprint density at radius 3 is 2.76 bits per heavy atom. The van der Waals surface area contributed by atoms with Gasteiger partial charge in [0.2, 0.25) is 0 Å². The molecule has 110 valence electrons. The molecule has 0 saturated carbocycles. The number of aromatic amines is 2. The number of ether oxygens (including phenoxy) is 1. The van der Waals surface area contributed by atoms with Crippen LogP contribution in [0.5, 0.6) is 5.75 Å². The number of benzene rings is 1. The Hall–Kier alpha value is -1.92. The Morgan fingerprint density at radius 2 is 2.05 bits per heavy atom. The number of rotatable bonds is 3. The highest BCUT2D eigenvalue weighted by Crippen LogP contribution is 2.18. The van der Waals surface area contributed by atoms with Gasteiger partial charge in [-0.2, -0.15) is 0 Å². The molecule has 0 saturated heterocycles. The number of fused-ring (bicyclic) bond motifs is 1. The van der Waals surface area contributed by atoms with Gasteiger partial charge in [0.25, 0.3) is 5.56 Å². The molecule has 0 bridgehead atoms. The van der Waals surface area contributed by atoms with Crippen molar-refractivity contribution in [2.45, 2.75) is 19.5 Å². The van der Waals surface area contributed by atoms with Crippen LogP contribution in [0.2, 0.25) is 0 Å². The van der Waals surface area contributed by atoms with Crippen molar-refractivity contribution >= 4 is 12.2 Å². The molecule has 0 radical (unpaired) electrons. The molecule has 3 rings (SSSR count). The Balaban J connectivity index is 1.76. The summed E-state index contributed by atoms with van der Waals surface area (Å²) in [6, 6.07) is 8.06. The van der Waals surface area contributed by atoms with Crippen LogP contribution in [0.3, 0.4) is 0 Å². The maximum absolute atomic E-state index is 11.8. The van der Waals surface area contributed by atoms with Crippen LogP contribution in [-0.2, 0) is 19.5 Å². The van der Waals surface area contributed by atoms with Crippen molar-refractivity contribution in [2.75, 3.05) is 13.7 Å². The summed E-state index contributed by atoms with van der Waals surface area (Å²) in [5, 5.41) is 0. The number of aromatic nitrogens is 2. The molecule has 0 unspecified atom stereocenters. The standard InChI is InChI=1S/C15H17N3O2S/c1-20-11-4-2-10(3-5-11)8-18-7-6-12-13(9-18)16-15(21)17-14(12)19/h2-5H,6-9H2,1H3,(H2,16,17,19,21). The van der Waals surface area contributed by atoms with E-state index in [-0.39, 0.29) is 5.56 Å². The minimum atomic E-state index is -0.0575. The van der Waals surface area contributed by atoms with Crippen LogP contribution in [0.4, 0.5) is 0 Å². The van der Waals surface area contributed by atoms with Gasteiger partial charge in [0.15, 0.2) is 4.77 Å². The van der Waals surface area contributed by atoms with E-state index in [1.165, 1.54) is 5.56 Å². The van der Waals surface area contributed by atoms with E-state index >= 15 is 0 Å². The van der Waals surface area contributed by atoms with Crippen LogP contribution >= 0.6 is 12.2 Å². The first-order valence-corrected chi connectivity index (χ1v) is 7.26. The molecular formula is C15H17N3O2S. The lowest BCUT2D eigenvalue weighted by atomic mass is 10.1. The zero-order chi connectivity index (χ0) is 14.8. The van der Waals surface area contributed by atoms with E-state index in [9.17, 15) is 4.79 Å². The lowest BCUT2D eigenvalue weighted by molar-refractivity contribution is 0.240. The monoisotopic (exact) mass is 303 g/mol. The van der Waals surface area contributed by atoms with Crippen LogP contribution < -0.4 is 10.3 Å². The summed E-state index contributed by atoms with van der Waals surface area (Å²) in [6.07, 6.45) is 0.743. The van der Waals surface area contributed by atoms with E-state index in [2.05, 4.69) is 27.0 Å². The van der Waals surface area contributed by atoms with Gasteiger partial charge in [0, 0.05) is 30.9 Å². The first-order valence-electron chi connectivity index (χ1n) is 6.85. The molecule has 0 fully saturated rings. The third-order valence-corrected chi connectivity index (χ3v) is 3.96. The van der Waals surface area contributed by atoms with Crippen molar-refractivity contribution in [1.29, 1.82) is 0 Å². The summed E-state index contributed by atoms with van der Waals surface area (Å²) in [5.74, 6) is 0.860. The van der Waals surface area contributed by atoms with Crippen molar-refractivity contribution in [1.82, 2.24) is 14.9 Å². The third-order valence-electron chi connectivity index (χ3n) is 3.75. The molecule has 1 aromatic carbocycles. The lowest BCUT2D eigenvalue weighted by Crippen LogP contribution is -2.34. The second-order valence-electron chi connectivity index (χ2n) is 5.17. The first-order chi connectivity index (χ1) is 10.2. The molecule has 2 N–H and O–H groups in total. The summed E-state index contributed by atoms with van der Waals surface area (Å²) in [4.78, 5) is 19.9. The summed E-state index contributed by atoms with van der Waals surface area (Å²) >= 11 is 5.04. The van der Waals surface area contributed by atoms with Gasteiger partial charge >= 0.3 is 0 Å². The van der Waals surface area contributed by atoms with E-state index in [0.717, 1.165) is 43.1 Å². The highest BCUT2D eigenvalue weighted by Gasteiger charge is 2.19. The van der Waals surface area contributed by atoms with Crippen LogP contribution in [0.25, 0.3) is 0 Å². The van der Waals surface area contributed by atoms with Crippen molar-refractivity contribution in [3.05, 3.63) is 56.2 Å². The number of H-pyrrole nitrogens is 2. The van der Waals surface area contributed by atoms with Gasteiger partial charge in [0.1, 0.15) is 5.75 Å². The van der Waals surface area contributed by atoms with Crippen LogP contribution in [0.1, 0.15) is 16.8 Å². The molecule has 21 heavy (non-hydrogen) atoms. The van der Waals surface area contributed by atoms with Gasteiger partial charge in [-0.3, -0.25) is 14.7 Å². The molecule has 6 heteroatoms. The van der Waals surface area contributed by atoms with Gasteiger partial charge in [-0.1, -0.05) is 12.1 Å². The number of methoxy groups -OCH3 is 1. The summed E-state index contributed by atoms with van der Waals surface area (Å²) in [5.41, 5.74) is 2.93. The minimum absolute atomic E-state index is 0.0575. The molecule has 1 aliphatic rings. The number of hydrogen-bond donors (Lipinski definition) is 2. The number of nitrogens with one attached hydrogen (secondary N) is 2. The Labute approximate surface area is 127 Å². The maximum atomic E-state index is 11.8. The highest BCUT2D eigenvalue weighted by molar-refractivity contribution is 7.71. The normalized spacial score (nSPS) is 14.7. The molecule has 2 aromatic rings. The number of nitrogens with zero attached hydrogens (tertiary/aromatic N) is 1. The van der Waals surface area contributed by atoms with Crippen molar-refractivity contribution < 1.29 is 4.74 Å². The van der Waals surface area contributed by atoms with Gasteiger partial charge in [-0.25, -0.2) is 0 Å². The molecule has 0 aliphatic carbocycles. The quantitative estimate of drug-likeness (QED) is 0.852. The minimum Gasteiger partial charge on any atom is -0.497 e. The number of hydrogen-bond acceptors (Lipinski definition) is 4. The first kappa shape index (κ1) is 14.0. The SMILES string of the molecule is COc1ccc(CN2CCc3c([nH]c(=S)[nH]c3=O)C2)cc1. The topological polar surface area (TPSA) is 61.1 Å². The molecular weight excluding hydrogens is 286 g/mol. The summed E-state index contributed by atoms with van der Waals surface area (Å²) in [6.45, 7) is 2.43. The molecule has 2 heterocycles. The maximum Gasteiger partial charge on any atom is 0.255 e. The fourth-order valence-electron chi connectivity index (χ4n) is 2.66. The Bertz CT molecular complexity index is 749. The second kappa shape index (κ2) is 5.83. The van der Waals surface area contributed by atoms with Gasteiger partial charge < -0.3 is 9.72 Å². The fraction of sp³-hybridized carbons (Fsp3) is 0.333. The van der Waals surface area contributed by atoms with Crippen LogP contribution in [-0.4, -0.2) is 28.5 Å². The Morgan fingerprint density at radius 1 is 1.29 bits per heavy atom. The van der Waals surface area contributed by atoms with Crippen molar-refractivity contribution in [3.63, 3.8) is 0 Å². The predicted molar refractivity (Wildman–Crippen MR) is 83.1 cm³/mol. The van der Waals surface area contributed by atoms with E-state index in [0.29, 0.717) is 4.77 Å². The fourth-order valence-corrected chi connectivity index (χ4v) is 2.87. The van der Waals surface area contributed by atoms with Gasteiger partial charge in [-0.05, 0) is 36.3 Å². The summed E-state index contributed by atoms with van der Waals surface area (Å²) < 4.78 is 5.56. The van der Waals surface area contributed by atoms with E-state index in [1.54, 1.807) is 7.11 Å². The third kappa shape index (κ3) is 3.06. The molecule has 0 amide bonds. The highest BCUT2D eigenvalue weighted by atomic mass is 32.1. The largest absolute Gasteiger partial charge is 0.497 e. The average molecular weight is 303 g/mol. The molecule has 1 aliphatic heterocycles. The summed E-state index contributed by atoms with van der Waals surface area (Å²) in [7, 11) is 1.66. The predicted octanol–water partition coefficient (Wildman–Crippen LogP) is 2.00. The second-order valence-corrected chi connectivity index (χ2v) is 5.58. The van der Waals surface area contributed by atoms with E-state index in [4.69, 9.17) is 17.0 Å². The zero-order valence-electron chi connectivity index (χ0n) is 11.8. The van der Waals surface area contributed by atoms with E-state index in [1.807, 2.05) is 12.1 Å². The molecule has 0 atom stereocenters. The van der Waals surface area contributed by atoms with Crippen molar-refractivity contribution in [3.8, 4) is 5.75 Å².